The van der Waals surface area contributed by atoms with Gasteiger partial charge >= 0.3 is 0 Å². The predicted molar refractivity (Wildman–Crippen MR) is 130 cm³/mol. The van der Waals surface area contributed by atoms with Crippen molar-refractivity contribution in [3.63, 3.8) is 0 Å². The number of carbonyl (C=O) groups is 1. The van der Waals surface area contributed by atoms with Crippen molar-refractivity contribution in [2.45, 2.75) is 39.0 Å². The monoisotopic (exact) mass is 485 g/mol. The van der Waals surface area contributed by atoms with Gasteiger partial charge in [-0.15, -0.1) is 11.3 Å². The summed E-state index contributed by atoms with van der Waals surface area (Å²) in [4.78, 5) is 34.0. The van der Waals surface area contributed by atoms with E-state index in [4.69, 9.17) is 9.40 Å². The van der Waals surface area contributed by atoms with Crippen LogP contribution in [-0.2, 0) is 17.9 Å². The van der Waals surface area contributed by atoms with Crippen molar-refractivity contribution < 1.29 is 13.6 Å². The van der Waals surface area contributed by atoms with Crippen LogP contribution < -0.4 is 5.56 Å². The third-order valence-corrected chi connectivity index (χ3v) is 7.30. The Morgan fingerprint density at radius 2 is 1.94 bits per heavy atom. The third-order valence-electron chi connectivity index (χ3n) is 5.34. The van der Waals surface area contributed by atoms with Crippen LogP contribution >= 0.6 is 23.1 Å². The molecule has 0 saturated heterocycles. The van der Waals surface area contributed by atoms with E-state index in [1.165, 1.54) is 35.2 Å². The number of rotatable bonds is 7. The molecule has 1 amide bonds. The average molecular weight is 486 g/mol. The molecule has 0 spiro atoms. The van der Waals surface area contributed by atoms with Gasteiger partial charge in [0.2, 0.25) is 5.91 Å². The minimum absolute atomic E-state index is 0.0830. The molecule has 0 N–H and O–H groups in total. The second-order valence-electron chi connectivity index (χ2n) is 7.71. The van der Waals surface area contributed by atoms with Crippen LogP contribution in [0.2, 0.25) is 0 Å². The molecule has 0 fully saturated rings. The van der Waals surface area contributed by atoms with Gasteiger partial charge in [0.1, 0.15) is 22.2 Å². The molecule has 0 atom stereocenters. The summed E-state index contributed by atoms with van der Waals surface area (Å²) in [7, 11) is 1.72. The maximum atomic E-state index is 13.4. The number of amides is 1. The molecule has 4 aromatic rings. The number of aryl methyl sites for hydroxylation is 2. The number of thiophene rings is 1. The van der Waals surface area contributed by atoms with Crippen molar-refractivity contribution in [1.29, 1.82) is 0 Å². The predicted octanol–water partition coefficient (Wildman–Crippen LogP) is 5.24. The fourth-order valence-electron chi connectivity index (χ4n) is 3.66. The summed E-state index contributed by atoms with van der Waals surface area (Å²) in [6, 6.07) is 9.86. The molecule has 6 nitrogen and oxygen atoms in total. The van der Waals surface area contributed by atoms with E-state index < -0.39 is 0 Å². The molecule has 3 heterocycles. The Kier molecular flexibility index (Phi) is 6.71. The van der Waals surface area contributed by atoms with Crippen LogP contribution in [0.4, 0.5) is 4.39 Å². The number of fused-ring (bicyclic) bond motifs is 1. The number of hydrogen-bond donors (Lipinski definition) is 0. The van der Waals surface area contributed by atoms with Gasteiger partial charge in [0.25, 0.3) is 5.56 Å². The molecule has 0 unspecified atom stereocenters. The number of furan rings is 1. The van der Waals surface area contributed by atoms with Crippen LogP contribution in [0.5, 0.6) is 0 Å². The van der Waals surface area contributed by atoms with Crippen LogP contribution in [0, 0.1) is 19.7 Å². The van der Waals surface area contributed by atoms with Crippen LogP contribution in [0.3, 0.4) is 0 Å². The van der Waals surface area contributed by atoms with E-state index in [9.17, 15) is 14.0 Å². The van der Waals surface area contributed by atoms with E-state index in [0.717, 1.165) is 27.5 Å². The Hall–Kier alpha value is -2.91. The van der Waals surface area contributed by atoms with E-state index in [0.29, 0.717) is 28.5 Å². The van der Waals surface area contributed by atoms with Crippen molar-refractivity contribution in [3.8, 4) is 11.1 Å². The van der Waals surface area contributed by atoms with Crippen molar-refractivity contribution in [2.24, 2.45) is 0 Å². The summed E-state index contributed by atoms with van der Waals surface area (Å²) < 4.78 is 20.5. The largest absolute Gasteiger partial charge is 0.464 e. The summed E-state index contributed by atoms with van der Waals surface area (Å²) in [6.45, 7) is 6.48. The first-order chi connectivity index (χ1) is 15.8. The first kappa shape index (κ1) is 23.3. The topological polar surface area (TPSA) is 68.3 Å². The first-order valence-corrected chi connectivity index (χ1v) is 12.3. The van der Waals surface area contributed by atoms with Crippen LogP contribution in [0.25, 0.3) is 21.3 Å². The SMILES string of the molecule is CCn1c(SCC(=O)N(C)Cc2ccc(C)o2)nc2sc(C)c(-c3ccc(F)cc3)c2c1=O. The highest BCUT2D eigenvalue weighted by Gasteiger charge is 2.21. The van der Waals surface area contributed by atoms with Gasteiger partial charge in [0, 0.05) is 24.0 Å². The lowest BCUT2D eigenvalue weighted by Gasteiger charge is -2.16. The molecular weight excluding hydrogens is 461 g/mol. The molecule has 172 valence electrons. The van der Waals surface area contributed by atoms with Crippen molar-refractivity contribution in [2.75, 3.05) is 12.8 Å². The molecule has 9 heteroatoms. The minimum atomic E-state index is -0.324. The van der Waals surface area contributed by atoms with Gasteiger partial charge in [-0.25, -0.2) is 9.37 Å². The standard InChI is InChI=1S/C24H24FN3O3S2/c1-5-28-23(30)21-20(16-7-9-17(25)10-8-16)15(3)33-22(21)26-24(28)32-13-19(29)27(4)12-18-11-6-14(2)31-18/h6-11H,5,12-13H2,1-4H3. The van der Waals surface area contributed by atoms with Crippen LogP contribution in [0.15, 0.2) is 50.8 Å². The van der Waals surface area contributed by atoms with Crippen LogP contribution in [0.1, 0.15) is 23.3 Å². The molecule has 0 radical (unpaired) electrons. The van der Waals surface area contributed by atoms with Gasteiger partial charge in [-0.3, -0.25) is 14.2 Å². The number of aromatic nitrogens is 2. The van der Waals surface area contributed by atoms with Crippen LogP contribution in [-0.4, -0.2) is 33.2 Å². The average Bonchev–Trinajstić information content (AvgIpc) is 3.34. The molecule has 0 aliphatic carbocycles. The second-order valence-corrected chi connectivity index (χ2v) is 9.86. The van der Waals surface area contributed by atoms with Gasteiger partial charge in [-0.2, -0.15) is 0 Å². The first-order valence-electron chi connectivity index (χ1n) is 10.5. The lowest BCUT2D eigenvalue weighted by Crippen LogP contribution is -2.28. The van der Waals surface area contributed by atoms with Gasteiger partial charge < -0.3 is 9.32 Å². The maximum absolute atomic E-state index is 13.4. The quantitative estimate of drug-likeness (QED) is 0.264. The zero-order valence-corrected chi connectivity index (χ0v) is 20.5. The van der Waals surface area contributed by atoms with Gasteiger partial charge in [-0.05, 0) is 50.6 Å². The van der Waals surface area contributed by atoms with E-state index in [1.54, 1.807) is 28.6 Å². The summed E-state index contributed by atoms with van der Waals surface area (Å²) in [5.74, 6) is 1.27. The molecule has 0 aliphatic rings. The minimum Gasteiger partial charge on any atom is -0.464 e. The third kappa shape index (κ3) is 4.74. The van der Waals surface area contributed by atoms with Crippen molar-refractivity contribution in [3.05, 3.63) is 69.0 Å². The number of benzene rings is 1. The molecule has 3 aromatic heterocycles. The molecule has 4 rings (SSSR count). The van der Waals surface area contributed by atoms with E-state index >= 15 is 0 Å². The Bertz CT molecular complexity index is 1370. The number of thioether (sulfide) groups is 1. The normalized spacial score (nSPS) is 11.3. The highest BCUT2D eigenvalue weighted by Crippen LogP contribution is 2.36. The summed E-state index contributed by atoms with van der Waals surface area (Å²) in [5, 5.41) is 1.05. The van der Waals surface area contributed by atoms with Crippen molar-refractivity contribution in [1.82, 2.24) is 14.5 Å². The molecule has 0 bridgehead atoms. The van der Waals surface area contributed by atoms with E-state index in [2.05, 4.69) is 0 Å². The number of halogens is 1. The fraction of sp³-hybridized carbons (Fsp3) is 0.292. The number of nitrogens with zero attached hydrogens (tertiary/aromatic N) is 3. The zero-order valence-electron chi connectivity index (χ0n) is 18.8. The Labute approximate surface area is 199 Å². The lowest BCUT2D eigenvalue weighted by molar-refractivity contribution is -0.127. The highest BCUT2D eigenvalue weighted by atomic mass is 32.2. The second kappa shape index (κ2) is 9.52. The molecule has 1 aromatic carbocycles. The molecule has 0 saturated carbocycles. The summed E-state index contributed by atoms with van der Waals surface area (Å²) in [6.07, 6.45) is 0. The van der Waals surface area contributed by atoms with Gasteiger partial charge in [-0.1, -0.05) is 23.9 Å². The van der Waals surface area contributed by atoms with Gasteiger partial charge in [0.05, 0.1) is 17.7 Å². The molecule has 33 heavy (non-hydrogen) atoms. The van der Waals surface area contributed by atoms with Gasteiger partial charge in [0.15, 0.2) is 5.16 Å². The van der Waals surface area contributed by atoms with Crippen molar-refractivity contribution >= 4 is 39.2 Å². The Morgan fingerprint density at radius 1 is 1.21 bits per heavy atom. The maximum Gasteiger partial charge on any atom is 0.263 e. The Balaban J connectivity index is 1.61. The summed E-state index contributed by atoms with van der Waals surface area (Å²) in [5.41, 5.74) is 1.42. The van der Waals surface area contributed by atoms with E-state index in [1.807, 2.05) is 32.9 Å². The number of hydrogen-bond acceptors (Lipinski definition) is 6. The highest BCUT2D eigenvalue weighted by molar-refractivity contribution is 7.99. The Morgan fingerprint density at radius 3 is 2.58 bits per heavy atom. The number of carbonyl (C=O) groups excluding carboxylic acids is 1. The molecular formula is C24H24FN3O3S2. The fourth-order valence-corrected chi connectivity index (χ4v) is 5.75. The summed E-state index contributed by atoms with van der Waals surface area (Å²) >= 11 is 2.68. The lowest BCUT2D eigenvalue weighted by atomic mass is 10.0. The zero-order chi connectivity index (χ0) is 23.7. The smallest absolute Gasteiger partial charge is 0.263 e. The van der Waals surface area contributed by atoms with E-state index in [-0.39, 0.29) is 23.0 Å². The molecule has 0 aliphatic heterocycles.